The number of ether oxygens (including phenoxy) is 1. The summed E-state index contributed by atoms with van der Waals surface area (Å²) in [6, 6.07) is 12.2. The smallest absolute Gasteiger partial charge is 0.291 e. The number of aryl methyl sites for hydroxylation is 2. The number of hydrogen-bond acceptors (Lipinski definition) is 5. The number of carbonyl (C=O) groups excluding carboxylic acids is 2. The van der Waals surface area contributed by atoms with Crippen molar-refractivity contribution in [1.82, 2.24) is 5.43 Å². The van der Waals surface area contributed by atoms with Crippen LogP contribution < -0.4 is 15.5 Å². The summed E-state index contributed by atoms with van der Waals surface area (Å²) >= 11 is 6.07. The van der Waals surface area contributed by atoms with Gasteiger partial charge in [-0.1, -0.05) is 23.7 Å². The predicted octanol–water partition coefficient (Wildman–Crippen LogP) is 5.28. The number of amides is 2. The molecule has 33 heavy (non-hydrogen) atoms. The SMILES string of the molecule is COc1cccc(C(=O)N/N=C2\CCCc3oc(C(=O)Nc4cc(Cl)ccc4C)c(C)c32)c1. The molecule has 2 aromatic carbocycles. The lowest BCUT2D eigenvalue weighted by Crippen LogP contribution is -2.22. The van der Waals surface area contributed by atoms with Crippen LogP contribution in [0.25, 0.3) is 0 Å². The van der Waals surface area contributed by atoms with Crippen molar-refractivity contribution in [3.8, 4) is 5.75 Å². The molecule has 0 aliphatic heterocycles. The molecule has 0 spiro atoms. The molecule has 0 unspecified atom stereocenters. The maximum atomic E-state index is 13.0. The Morgan fingerprint density at radius 1 is 1.09 bits per heavy atom. The fraction of sp³-hybridized carbons (Fsp3) is 0.240. The number of methoxy groups -OCH3 is 1. The zero-order chi connectivity index (χ0) is 23.5. The number of carbonyl (C=O) groups is 2. The van der Waals surface area contributed by atoms with Gasteiger partial charge in [-0.05, 0) is 62.6 Å². The van der Waals surface area contributed by atoms with Crippen molar-refractivity contribution in [1.29, 1.82) is 0 Å². The van der Waals surface area contributed by atoms with Gasteiger partial charge in [0.1, 0.15) is 11.5 Å². The molecule has 1 aromatic heterocycles. The highest BCUT2D eigenvalue weighted by Crippen LogP contribution is 2.31. The van der Waals surface area contributed by atoms with E-state index < -0.39 is 0 Å². The van der Waals surface area contributed by atoms with Crippen LogP contribution in [0.1, 0.15) is 56.2 Å². The third kappa shape index (κ3) is 4.78. The van der Waals surface area contributed by atoms with Gasteiger partial charge in [-0.2, -0.15) is 5.10 Å². The number of fused-ring (bicyclic) bond motifs is 1. The largest absolute Gasteiger partial charge is 0.497 e. The van der Waals surface area contributed by atoms with Crippen LogP contribution in [0, 0.1) is 13.8 Å². The van der Waals surface area contributed by atoms with Crippen molar-refractivity contribution in [3.05, 3.63) is 81.3 Å². The zero-order valence-electron chi connectivity index (χ0n) is 18.6. The number of anilines is 1. The van der Waals surface area contributed by atoms with E-state index in [2.05, 4.69) is 15.8 Å². The van der Waals surface area contributed by atoms with Gasteiger partial charge in [0, 0.05) is 33.8 Å². The maximum absolute atomic E-state index is 13.0. The second kappa shape index (κ2) is 9.50. The number of benzene rings is 2. The Hall–Kier alpha value is -3.58. The van der Waals surface area contributed by atoms with Gasteiger partial charge >= 0.3 is 0 Å². The van der Waals surface area contributed by atoms with Gasteiger partial charge < -0.3 is 14.5 Å². The van der Waals surface area contributed by atoms with Crippen molar-refractivity contribution in [2.24, 2.45) is 5.10 Å². The van der Waals surface area contributed by atoms with Crippen LogP contribution in [0.5, 0.6) is 5.75 Å². The molecule has 1 aliphatic rings. The Kier molecular flexibility index (Phi) is 6.51. The minimum absolute atomic E-state index is 0.230. The number of halogens is 1. The predicted molar refractivity (Wildman–Crippen MR) is 128 cm³/mol. The number of rotatable bonds is 5. The van der Waals surface area contributed by atoms with E-state index in [4.69, 9.17) is 20.8 Å². The summed E-state index contributed by atoms with van der Waals surface area (Å²) in [5, 5.41) is 7.78. The number of nitrogens with zero attached hydrogens (tertiary/aromatic N) is 1. The Morgan fingerprint density at radius 2 is 1.91 bits per heavy atom. The molecule has 1 heterocycles. The monoisotopic (exact) mass is 465 g/mol. The molecule has 0 saturated heterocycles. The first-order valence-corrected chi connectivity index (χ1v) is 11.0. The number of hydrazone groups is 1. The minimum Gasteiger partial charge on any atom is -0.497 e. The van der Waals surface area contributed by atoms with E-state index in [0.29, 0.717) is 51.9 Å². The maximum Gasteiger partial charge on any atom is 0.291 e. The van der Waals surface area contributed by atoms with Crippen LogP contribution in [-0.4, -0.2) is 24.6 Å². The molecule has 0 atom stereocenters. The molecular formula is C25H24ClN3O4. The average Bonchev–Trinajstić information content (AvgIpc) is 3.17. The van der Waals surface area contributed by atoms with Gasteiger partial charge in [0.25, 0.3) is 11.8 Å². The minimum atomic E-state index is -0.355. The van der Waals surface area contributed by atoms with E-state index in [1.165, 1.54) is 0 Å². The van der Waals surface area contributed by atoms with Gasteiger partial charge in [0.05, 0.1) is 12.8 Å². The van der Waals surface area contributed by atoms with Crippen LogP contribution in [-0.2, 0) is 6.42 Å². The summed E-state index contributed by atoms with van der Waals surface area (Å²) in [4.78, 5) is 25.5. The van der Waals surface area contributed by atoms with Gasteiger partial charge in [0.2, 0.25) is 0 Å². The van der Waals surface area contributed by atoms with Crippen molar-refractivity contribution in [2.45, 2.75) is 33.1 Å². The topological polar surface area (TPSA) is 92.9 Å². The summed E-state index contributed by atoms with van der Waals surface area (Å²) < 4.78 is 11.1. The van der Waals surface area contributed by atoms with Crippen LogP contribution in [0.3, 0.4) is 0 Å². The lowest BCUT2D eigenvalue weighted by Gasteiger charge is -2.13. The fourth-order valence-electron chi connectivity index (χ4n) is 3.85. The molecule has 0 fully saturated rings. The standard InChI is InChI=1S/C25H24ClN3O4/c1-14-10-11-17(26)13-20(14)27-25(31)23-15(2)22-19(8-5-9-21(22)33-23)28-29-24(30)16-6-4-7-18(12-16)32-3/h4,6-7,10-13H,5,8-9H2,1-3H3,(H,27,31)(H,29,30)/b28-19+. The van der Waals surface area contributed by atoms with E-state index in [1.54, 1.807) is 43.5 Å². The van der Waals surface area contributed by atoms with E-state index in [0.717, 1.165) is 17.5 Å². The number of hydrogen-bond donors (Lipinski definition) is 2. The fourth-order valence-corrected chi connectivity index (χ4v) is 4.02. The van der Waals surface area contributed by atoms with E-state index in [1.807, 2.05) is 19.9 Å². The van der Waals surface area contributed by atoms with Crippen molar-refractivity contribution >= 4 is 34.8 Å². The summed E-state index contributed by atoms with van der Waals surface area (Å²) in [6.07, 6.45) is 2.17. The van der Waals surface area contributed by atoms with E-state index in [9.17, 15) is 9.59 Å². The normalized spacial score (nSPS) is 14.0. The molecule has 7 nitrogen and oxygen atoms in total. The van der Waals surface area contributed by atoms with Gasteiger partial charge in [-0.15, -0.1) is 0 Å². The third-order valence-corrected chi connectivity index (χ3v) is 5.84. The molecule has 170 valence electrons. The molecule has 1 aliphatic carbocycles. The molecule has 3 aromatic rings. The summed E-state index contributed by atoms with van der Waals surface area (Å²) in [7, 11) is 1.55. The van der Waals surface area contributed by atoms with E-state index >= 15 is 0 Å². The quantitative estimate of drug-likeness (QED) is 0.501. The zero-order valence-corrected chi connectivity index (χ0v) is 19.4. The number of furan rings is 1. The van der Waals surface area contributed by atoms with Crippen molar-refractivity contribution < 1.29 is 18.7 Å². The van der Waals surface area contributed by atoms with Crippen LogP contribution in [0.2, 0.25) is 5.02 Å². The highest BCUT2D eigenvalue weighted by atomic mass is 35.5. The summed E-state index contributed by atoms with van der Waals surface area (Å²) in [6.45, 7) is 3.72. The Morgan fingerprint density at radius 3 is 2.70 bits per heavy atom. The highest BCUT2D eigenvalue weighted by Gasteiger charge is 2.28. The Labute approximate surface area is 196 Å². The third-order valence-electron chi connectivity index (χ3n) is 5.60. The van der Waals surface area contributed by atoms with Gasteiger partial charge in [-0.25, -0.2) is 5.43 Å². The first kappa shape index (κ1) is 22.6. The van der Waals surface area contributed by atoms with Gasteiger partial charge in [-0.3, -0.25) is 9.59 Å². The lowest BCUT2D eigenvalue weighted by atomic mass is 9.93. The molecule has 8 heteroatoms. The summed E-state index contributed by atoms with van der Waals surface area (Å²) in [5.41, 5.74) is 6.73. The highest BCUT2D eigenvalue weighted by molar-refractivity contribution is 6.31. The van der Waals surface area contributed by atoms with Crippen molar-refractivity contribution in [2.75, 3.05) is 12.4 Å². The van der Waals surface area contributed by atoms with Crippen molar-refractivity contribution in [3.63, 3.8) is 0 Å². The Balaban J connectivity index is 1.57. The molecule has 4 rings (SSSR count). The Bertz CT molecular complexity index is 1260. The van der Waals surface area contributed by atoms with Crippen LogP contribution >= 0.6 is 11.6 Å². The first-order valence-electron chi connectivity index (χ1n) is 10.6. The van der Waals surface area contributed by atoms with Crippen LogP contribution in [0.15, 0.2) is 52.0 Å². The molecule has 2 amide bonds. The first-order chi connectivity index (χ1) is 15.9. The van der Waals surface area contributed by atoms with E-state index in [-0.39, 0.29) is 17.6 Å². The molecule has 0 radical (unpaired) electrons. The second-order valence-electron chi connectivity index (χ2n) is 7.85. The lowest BCUT2D eigenvalue weighted by molar-refractivity contribution is 0.0953. The summed E-state index contributed by atoms with van der Waals surface area (Å²) in [5.74, 6) is 0.817. The van der Waals surface area contributed by atoms with Crippen LogP contribution in [0.4, 0.5) is 5.69 Å². The number of nitrogens with one attached hydrogen (secondary N) is 2. The molecule has 2 N–H and O–H groups in total. The molecular weight excluding hydrogens is 442 g/mol. The average molecular weight is 466 g/mol. The molecule has 0 saturated carbocycles. The second-order valence-corrected chi connectivity index (χ2v) is 8.29. The van der Waals surface area contributed by atoms with Gasteiger partial charge in [0.15, 0.2) is 5.76 Å². The molecule has 0 bridgehead atoms.